The fourth-order valence-corrected chi connectivity index (χ4v) is 6.04. The van der Waals surface area contributed by atoms with Gasteiger partial charge in [-0.05, 0) is 31.1 Å². The van der Waals surface area contributed by atoms with Gasteiger partial charge >= 0.3 is 0 Å². The second-order valence-electron chi connectivity index (χ2n) is 12.5. The van der Waals surface area contributed by atoms with Crippen LogP contribution in [0.25, 0.3) is 54.7 Å². The largest absolute Gasteiger partial charge is 0.512 e. The number of aliphatic hydroxyl groups is 1. The van der Waals surface area contributed by atoms with Gasteiger partial charge in [-0.2, -0.15) is 0 Å². The van der Waals surface area contributed by atoms with Gasteiger partial charge in [0.2, 0.25) is 0 Å². The number of aryl methyl sites for hydroxylation is 1. The summed E-state index contributed by atoms with van der Waals surface area (Å²) in [6, 6.07) is 28.7. The Morgan fingerprint density at radius 1 is 0.783 bits per heavy atom. The third-order valence-electron chi connectivity index (χ3n) is 10.2. The normalized spacial score (nSPS) is 12.3. The second-order valence-corrected chi connectivity index (χ2v) is 12.5. The Bertz CT molecular complexity index is 2030. The van der Waals surface area contributed by atoms with Crippen molar-refractivity contribution in [2.45, 2.75) is 67.2 Å². The van der Waals surface area contributed by atoms with Crippen molar-refractivity contribution in [2.24, 2.45) is 17.9 Å². The molecular weight excluding hydrogens is 747 g/mol. The predicted octanol–water partition coefficient (Wildman–Crippen LogP) is 10.5. The number of carbonyl (C=O) groups is 1. The number of nitrogens with zero attached hydrogens (tertiary/aromatic N) is 3. The maximum absolute atomic E-state index is 12.2. The molecule has 0 aliphatic heterocycles. The summed E-state index contributed by atoms with van der Waals surface area (Å²) in [5, 5.41) is 16.1. The molecule has 0 fully saturated rings. The van der Waals surface area contributed by atoms with Crippen molar-refractivity contribution in [3.63, 3.8) is 0 Å². The van der Waals surface area contributed by atoms with Crippen LogP contribution >= 0.6 is 0 Å². The molecule has 6 rings (SSSR count). The van der Waals surface area contributed by atoms with E-state index >= 15 is 0 Å². The molecule has 0 aliphatic carbocycles. The van der Waals surface area contributed by atoms with Crippen LogP contribution in [0.2, 0.25) is 0 Å². The van der Waals surface area contributed by atoms with Gasteiger partial charge in [0.15, 0.2) is 5.78 Å². The van der Waals surface area contributed by atoms with Crippen molar-refractivity contribution in [3.05, 3.63) is 97.0 Å². The Morgan fingerprint density at radius 2 is 1.37 bits per heavy atom. The molecule has 0 bridgehead atoms. The van der Waals surface area contributed by atoms with Gasteiger partial charge in [-0.15, -0.1) is 29.1 Å². The van der Waals surface area contributed by atoms with Crippen LogP contribution in [0.4, 0.5) is 0 Å². The first-order chi connectivity index (χ1) is 21.6. The quantitative estimate of drug-likeness (QED) is 0.0947. The smallest absolute Gasteiger partial charge is 0.164 e. The summed E-state index contributed by atoms with van der Waals surface area (Å²) in [5.41, 5.74) is 4.55. The molecule has 1 N–H and O–H groups in total. The number of benzene rings is 4. The van der Waals surface area contributed by atoms with Crippen LogP contribution in [0, 0.1) is 16.9 Å². The number of fused-ring (bicyclic) bond motifs is 6. The molecule has 46 heavy (non-hydrogen) atoms. The third-order valence-corrected chi connectivity index (χ3v) is 10.2. The molecule has 6 aromatic rings. The van der Waals surface area contributed by atoms with Crippen molar-refractivity contribution in [3.8, 4) is 11.3 Å². The Morgan fingerprint density at radius 3 is 2.00 bits per heavy atom. The van der Waals surface area contributed by atoms with Gasteiger partial charge < -0.3 is 9.67 Å². The minimum Gasteiger partial charge on any atom is -0.512 e. The molecule has 2 heterocycles. The predicted molar refractivity (Wildman–Crippen MR) is 188 cm³/mol. The van der Waals surface area contributed by atoms with Gasteiger partial charge in [-0.3, -0.25) is 9.78 Å². The van der Waals surface area contributed by atoms with Crippen LogP contribution in [0.3, 0.4) is 0 Å². The van der Waals surface area contributed by atoms with Crippen LogP contribution in [-0.4, -0.2) is 25.4 Å². The van der Waals surface area contributed by atoms with Gasteiger partial charge in [0.05, 0.1) is 16.6 Å². The Hall–Kier alpha value is -3.86. The average Bonchev–Trinajstić information content (AvgIpc) is 3.39. The number of allylic oxidation sites excluding steroid dienone is 2. The number of carbonyl (C=O) groups excluding carboxylic acids is 1. The van der Waals surface area contributed by atoms with E-state index in [0.29, 0.717) is 0 Å². The first-order valence-electron chi connectivity index (χ1n) is 16.1. The van der Waals surface area contributed by atoms with E-state index in [9.17, 15) is 9.90 Å². The number of aliphatic hydroxyl groups excluding tert-OH is 1. The monoisotopic (exact) mass is 791 g/mol. The topological polar surface area (TPSA) is 68.0 Å². The minimum atomic E-state index is -0.337. The maximum atomic E-state index is 12.2. The molecule has 6 heteroatoms. The van der Waals surface area contributed by atoms with Crippen LogP contribution in [0.5, 0.6) is 0 Å². The van der Waals surface area contributed by atoms with Gasteiger partial charge in [0.25, 0.3) is 0 Å². The van der Waals surface area contributed by atoms with Gasteiger partial charge in [0.1, 0.15) is 12.1 Å². The molecule has 5 nitrogen and oxygen atoms in total. The summed E-state index contributed by atoms with van der Waals surface area (Å²) >= 11 is 0. The summed E-state index contributed by atoms with van der Waals surface area (Å²) in [6.45, 7) is 12.1. The zero-order valence-electron chi connectivity index (χ0n) is 27.9. The third kappa shape index (κ3) is 6.26. The summed E-state index contributed by atoms with van der Waals surface area (Å²) in [7, 11) is 2.11. The molecule has 0 spiro atoms. The van der Waals surface area contributed by atoms with Crippen molar-refractivity contribution in [1.82, 2.24) is 14.5 Å². The standard InChI is InChI=1S/C25H16N3.C15H28O2.Ir/c1-28-24-19-11-5-3-8-17(19)13-14-21(24)23-25(28)22(26-15-27-23)20-12-6-9-16-7-2-4-10-18(16)20;1-7-14(5,8-2)12(16)11-13(17)15(6,9-3)10-4;/h2-11,13-15H,1H3;11,16H,7-10H2,1-6H3;/q-1;;/b;12-11-;. The van der Waals surface area contributed by atoms with E-state index < -0.39 is 0 Å². The van der Waals surface area contributed by atoms with Crippen LogP contribution in [0.1, 0.15) is 67.2 Å². The molecule has 4 aromatic carbocycles. The van der Waals surface area contributed by atoms with E-state index in [0.717, 1.165) is 58.7 Å². The van der Waals surface area contributed by atoms with E-state index in [1.165, 1.54) is 27.8 Å². The zero-order chi connectivity index (χ0) is 32.4. The summed E-state index contributed by atoms with van der Waals surface area (Å²) < 4.78 is 2.23. The first kappa shape index (κ1) is 35.0. The fraction of sp³-hybridized carbons (Fsp3) is 0.325. The SMILES string of the molecule is CCC(C)(CC)C(=O)/C=C(\O)C(C)(CC)CC.Cn1c2c(-c3[c-]ccc4ccccc34)ncnc2c2ccc3ccccc3c21.[Ir]. The fourth-order valence-electron chi connectivity index (χ4n) is 6.04. The van der Waals surface area contributed by atoms with E-state index in [1.54, 1.807) is 6.33 Å². The molecule has 1 radical (unpaired) electrons. The molecule has 2 aromatic heterocycles. The summed E-state index contributed by atoms with van der Waals surface area (Å²) in [4.78, 5) is 21.5. The van der Waals surface area contributed by atoms with E-state index in [1.807, 2.05) is 47.6 Å². The second kappa shape index (κ2) is 14.3. The zero-order valence-corrected chi connectivity index (χ0v) is 30.3. The molecule has 0 amide bonds. The molecule has 0 atom stereocenters. The Balaban J connectivity index is 0.000000234. The van der Waals surface area contributed by atoms with Crippen molar-refractivity contribution in [2.75, 3.05) is 0 Å². The Labute approximate surface area is 286 Å². The summed E-state index contributed by atoms with van der Waals surface area (Å²) in [6.07, 6.45) is 6.42. The molecule has 0 unspecified atom stereocenters. The average molecular weight is 791 g/mol. The van der Waals surface area contributed by atoms with Crippen molar-refractivity contribution in [1.29, 1.82) is 0 Å². The first-order valence-corrected chi connectivity index (χ1v) is 16.1. The molecular formula is C40H44IrN3O2-. The van der Waals surface area contributed by atoms with Gasteiger partial charge in [0, 0.05) is 60.5 Å². The van der Waals surface area contributed by atoms with Crippen LogP contribution in [0.15, 0.2) is 91.0 Å². The van der Waals surface area contributed by atoms with Crippen LogP contribution in [-0.2, 0) is 31.9 Å². The Kier molecular flexibility index (Phi) is 10.9. The number of aromatic nitrogens is 3. The van der Waals surface area contributed by atoms with Crippen molar-refractivity contribution >= 4 is 49.3 Å². The molecule has 241 valence electrons. The van der Waals surface area contributed by atoms with Crippen LogP contribution < -0.4 is 0 Å². The maximum Gasteiger partial charge on any atom is 0.164 e. The van der Waals surface area contributed by atoms with Crippen molar-refractivity contribution < 1.29 is 30.0 Å². The number of rotatable bonds is 8. The number of ketones is 1. The van der Waals surface area contributed by atoms with E-state index in [2.05, 4.69) is 89.4 Å². The number of hydrogen-bond acceptors (Lipinski definition) is 4. The summed E-state index contributed by atoms with van der Waals surface area (Å²) in [5.74, 6) is 0.286. The molecule has 0 saturated carbocycles. The number of hydrogen-bond donors (Lipinski definition) is 1. The van der Waals surface area contributed by atoms with Gasteiger partial charge in [-0.25, -0.2) is 4.98 Å². The van der Waals surface area contributed by atoms with E-state index in [-0.39, 0.29) is 42.5 Å². The molecule has 0 aliphatic rings. The van der Waals surface area contributed by atoms with Gasteiger partial charge in [-0.1, -0.05) is 108 Å². The minimum absolute atomic E-state index is 0. The van der Waals surface area contributed by atoms with E-state index in [4.69, 9.17) is 4.98 Å². The molecule has 0 saturated heterocycles.